The van der Waals surface area contributed by atoms with E-state index in [1.165, 1.54) is 35.6 Å². The molecule has 1 aromatic heterocycles. The first kappa shape index (κ1) is 16.5. The molecule has 0 aliphatic carbocycles. The number of amides is 1. The molecule has 0 radical (unpaired) electrons. The van der Waals surface area contributed by atoms with Crippen LogP contribution in [0.5, 0.6) is 0 Å². The van der Waals surface area contributed by atoms with Gasteiger partial charge in [-0.2, -0.15) is 4.99 Å². The number of halogens is 1. The second kappa shape index (κ2) is 6.66. The van der Waals surface area contributed by atoms with Crippen molar-refractivity contribution in [1.82, 2.24) is 4.57 Å². The molecule has 8 heteroatoms. The first-order valence-electron chi connectivity index (χ1n) is 7.12. The van der Waals surface area contributed by atoms with Crippen molar-refractivity contribution in [2.45, 2.75) is 13.5 Å². The van der Waals surface area contributed by atoms with Crippen molar-refractivity contribution in [1.29, 1.82) is 0 Å². The third kappa shape index (κ3) is 3.15. The second-order valence-corrected chi connectivity index (χ2v) is 6.89. The van der Waals surface area contributed by atoms with Gasteiger partial charge in [-0.3, -0.25) is 14.9 Å². The summed E-state index contributed by atoms with van der Waals surface area (Å²) in [6.45, 7) is 2.65. The van der Waals surface area contributed by atoms with Crippen LogP contribution in [-0.4, -0.2) is 15.4 Å². The maximum Gasteiger partial charge on any atom is 0.279 e. The topological polar surface area (TPSA) is 77.5 Å². The molecule has 24 heavy (non-hydrogen) atoms. The fourth-order valence-electron chi connectivity index (χ4n) is 2.34. The normalized spacial score (nSPS) is 11.8. The van der Waals surface area contributed by atoms with Crippen molar-refractivity contribution in [2.75, 3.05) is 0 Å². The maximum absolute atomic E-state index is 12.4. The van der Waals surface area contributed by atoms with Crippen LogP contribution in [-0.2, 0) is 6.54 Å². The molecular formula is C16H12BrN3O3S. The van der Waals surface area contributed by atoms with Crippen LogP contribution in [0, 0.1) is 10.1 Å². The molecule has 2 aromatic carbocycles. The predicted octanol–water partition coefficient (Wildman–Crippen LogP) is 4.13. The van der Waals surface area contributed by atoms with Gasteiger partial charge in [0.15, 0.2) is 4.80 Å². The van der Waals surface area contributed by atoms with Crippen molar-refractivity contribution in [2.24, 2.45) is 4.99 Å². The lowest BCUT2D eigenvalue weighted by atomic mass is 10.2. The van der Waals surface area contributed by atoms with Gasteiger partial charge < -0.3 is 4.57 Å². The summed E-state index contributed by atoms with van der Waals surface area (Å²) in [4.78, 5) is 27.5. The summed E-state index contributed by atoms with van der Waals surface area (Å²) in [6, 6.07) is 11.5. The number of carbonyl (C=O) groups is 1. The molecule has 0 aliphatic heterocycles. The highest BCUT2D eigenvalue weighted by atomic mass is 79.9. The number of aromatic nitrogens is 1. The SMILES string of the molecule is CCn1c(=NC(=O)c2cccc([N+](=O)[O-])c2)sc2cc(Br)ccc21. The van der Waals surface area contributed by atoms with Gasteiger partial charge in [-0.25, -0.2) is 0 Å². The smallest absolute Gasteiger partial charge is 0.279 e. The predicted molar refractivity (Wildman–Crippen MR) is 96.2 cm³/mol. The molecule has 1 heterocycles. The number of hydrogen-bond acceptors (Lipinski definition) is 4. The Kier molecular flexibility index (Phi) is 4.59. The molecule has 0 saturated heterocycles. The minimum atomic E-state index is -0.528. The molecule has 0 bridgehead atoms. The fourth-order valence-corrected chi connectivity index (χ4v) is 3.99. The average Bonchev–Trinajstić information content (AvgIpc) is 2.90. The molecule has 0 N–H and O–H groups in total. The minimum absolute atomic E-state index is 0.125. The Bertz CT molecular complexity index is 1020. The van der Waals surface area contributed by atoms with E-state index in [2.05, 4.69) is 20.9 Å². The summed E-state index contributed by atoms with van der Waals surface area (Å²) in [5.41, 5.74) is 1.07. The van der Waals surface area contributed by atoms with E-state index in [0.717, 1.165) is 14.7 Å². The Morgan fingerprint density at radius 1 is 1.33 bits per heavy atom. The van der Waals surface area contributed by atoms with Gasteiger partial charge in [-0.05, 0) is 31.2 Å². The summed E-state index contributed by atoms with van der Waals surface area (Å²) < 4.78 is 3.91. The number of carbonyl (C=O) groups excluding carboxylic acids is 1. The van der Waals surface area contributed by atoms with E-state index in [-0.39, 0.29) is 11.3 Å². The molecule has 122 valence electrons. The van der Waals surface area contributed by atoms with E-state index in [4.69, 9.17) is 0 Å². The van der Waals surface area contributed by atoms with Crippen molar-refractivity contribution in [3.8, 4) is 0 Å². The van der Waals surface area contributed by atoms with Gasteiger partial charge in [0.25, 0.3) is 11.6 Å². The standard InChI is InChI=1S/C16H12BrN3O3S/c1-2-19-13-7-6-11(17)9-14(13)24-16(19)18-15(21)10-4-3-5-12(8-10)20(22)23/h3-9H,2H2,1H3. The zero-order valence-electron chi connectivity index (χ0n) is 12.6. The number of benzene rings is 2. The highest BCUT2D eigenvalue weighted by molar-refractivity contribution is 9.10. The van der Waals surface area contributed by atoms with E-state index in [1.807, 2.05) is 29.7 Å². The van der Waals surface area contributed by atoms with Gasteiger partial charge in [0, 0.05) is 28.7 Å². The van der Waals surface area contributed by atoms with Crippen molar-refractivity contribution in [3.63, 3.8) is 0 Å². The van der Waals surface area contributed by atoms with Gasteiger partial charge in [0.1, 0.15) is 0 Å². The molecule has 1 amide bonds. The number of aryl methyl sites for hydroxylation is 1. The summed E-state index contributed by atoms with van der Waals surface area (Å²) >= 11 is 4.84. The Hall–Kier alpha value is -2.32. The van der Waals surface area contributed by atoms with E-state index in [1.54, 1.807) is 0 Å². The molecule has 6 nitrogen and oxygen atoms in total. The maximum atomic E-state index is 12.4. The van der Waals surface area contributed by atoms with Crippen LogP contribution >= 0.6 is 27.3 Å². The number of thiazole rings is 1. The molecule has 3 rings (SSSR count). The van der Waals surface area contributed by atoms with Crippen LogP contribution in [0.25, 0.3) is 10.2 Å². The zero-order valence-corrected chi connectivity index (χ0v) is 15.0. The third-order valence-electron chi connectivity index (χ3n) is 3.46. The van der Waals surface area contributed by atoms with Crippen LogP contribution in [0.1, 0.15) is 17.3 Å². The molecule has 3 aromatic rings. The fraction of sp³-hybridized carbons (Fsp3) is 0.125. The van der Waals surface area contributed by atoms with Gasteiger partial charge >= 0.3 is 0 Å². The second-order valence-electron chi connectivity index (χ2n) is 4.97. The molecule has 0 unspecified atom stereocenters. The summed E-state index contributed by atoms with van der Waals surface area (Å²) in [5, 5.41) is 10.8. The Morgan fingerprint density at radius 3 is 2.83 bits per heavy atom. The van der Waals surface area contributed by atoms with Gasteiger partial charge in [0.2, 0.25) is 0 Å². The number of nitrogens with zero attached hydrogens (tertiary/aromatic N) is 3. The number of rotatable bonds is 3. The minimum Gasteiger partial charge on any atom is -0.317 e. The molecule has 0 aliphatic rings. The average molecular weight is 406 g/mol. The largest absolute Gasteiger partial charge is 0.317 e. The van der Waals surface area contributed by atoms with Crippen LogP contribution in [0.4, 0.5) is 5.69 Å². The van der Waals surface area contributed by atoms with E-state index in [0.29, 0.717) is 11.3 Å². The van der Waals surface area contributed by atoms with Crippen LogP contribution in [0.3, 0.4) is 0 Å². The Morgan fingerprint density at radius 2 is 2.12 bits per heavy atom. The van der Waals surface area contributed by atoms with Crippen LogP contribution < -0.4 is 4.80 Å². The van der Waals surface area contributed by atoms with E-state index in [9.17, 15) is 14.9 Å². The highest BCUT2D eigenvalue weighted by Crippen LogP contribution is 2.22. The Balaban J connectivity index is 2.11. The van der Waals surface area contributed by atoms with Crippen LogP contribution in [0.2, 0.25) is 0 Å². The number of nitro benzene ring substituents is 1. The number of fused-ring (bicyclic) bond motifs is 1. The number of non-ortho nitro benzene ring substituents is 1. The van der Waals surface area contributed by atoms with E-state index < -0.39 is 10.8 Å². The molecule has 0 atom stereocenters. The lowest BCUT2D eigenvalue weighted by molar-refractivity contribution is -0.384. The van der Waals surface area contributed by atoms with E-state index >= 15 is 0 Å². The summed E-state index contributed by atoms with van der Waals surface area (Å²) in [5.74, 6) is -0.494. The first-order chi connectivity index (χ1) is 11.5. The number of nitro groups is 1. The van der Waals surface area contributed by atoms with Crippen LogP contribution in [0.15, 0.2) is 51.9 Å². The zero-order chi connectivity index (χ0) is 17.3. The molecule has 0 spiro atoms. The van der Waals surface area contributed by atoms with Gasteiger partial charge in [-0.1, -0.05) is 33.3 Å². The third-order valence-corrected chi connectivity index (χ3v) is 5.00. The Labute approximate surface area is 149 Å². The molecule has 0 saturated carbocycles. The molecular weight excluding hydrogens is 394 g/mol. The molecule has 0 fully saturated rings. The summed E-state index contributed by atoms with van der Waals surface area (Å²) in [6.07, 6.45) is 0. The summed E-state index contributed by atoms with van der Waals surface area (Å²) in [7, 11) is 0. The quantitative estimate of drug-likeness (QED) is 0.485. The van der Waals surface area contributed by atoms with Crippen molar-refractivity contribution < 1.29 is 9.72 Å². The lowest BCUT2D eigenvalue weighted by Gasteiger charge is -2.00. The van der Waals surface area contributed by atoms with Gasteiger partial charge in [0.05, 0.1) is 15.1 Å². The van der Waals surface area contributed by atoms with Gasteiger partial charge in [-0.15, -0.1) is 0 Å². The number of hydrogen-bond donors (Lipinski definition) is 0. The highest BCUT2D eigenvalue weighted by Gasteiger charge is 2.12. The van der Waals surface area contributed by atoms with Crippen molar-refractivity contribution >= 4 is 49.1 Å². The first-order valence-corrected chi connectivity index (χ1v) is 8.73. The van der Waals surface area contributed by atoms with Crippen molar-refractivity contribution in [3.05, 3.63) is 67.4 Å². The lowest BCUT2D eigenvalue weighted by Crippen LogP contribution is -2.15. The monoisotopic (exact) mass is 405 g/mol.